The second kappa shape index (κ2) is 5.71. The largest absolute Gasteiger partial charge is 0.478 e. The van der Waals surface area contributed by atoms with Crippen LogP contribution in [0.3, 0.4) is 0 Å². The lowest BCUT2D eigenvalue weighted by Crippen LogP contribution is -2.48. The van der Waals surface area contributed by atoms with Crippen LogP contribution in [0.4, 0.5) is 10.2 Å². The topological polar surface area (TPSA) is 108 Å². The number of pyridine rings is 1. The average Bonchev–Trinajstić information content (AvgIpc) is 2.23. The Morgan fingerprint density at radius 3 is 2.60 bits per heavy atom. The highest BCUT2D eigenvalue weighted by molar-refractivity contribution is 7.88. The number of nitrogens with zero attached hydrogens (tertiary/aromatic N) is 1. The number of carboxylic acid groups (broad SMARTS) is 1. The minimum absolute atomic E-state index is 0.0257. The molecule has 9 heteroatoms. The third-order valence-electron chi connectivity index (χ3n) is 2.24. The van der Waals surface area contributed by atoms with Crippen molar-refractivity contribution >= 4 is 21.8 Å². The number of aromatic carboxylic acids is 1. The van der Waals surface area contributed by atoms with E-state index in [-0.39, 0.29) is 17.9 Å². The van der Waals surface area contributed by atoms with Crippen LogP contribution < -0.4 is 10.0 Å². The summed E-state index contributed by atoms with van der Waals surface area (Å²) < 4.78 is 37.7. The number of sulfonamides is 1. The van der Waals surface area contributed by atoms with Gasteiger partial charge in [0.05, 0.1) is 12.5 Å². The molecule has 0 atom stereocenters. The molecular weight excluding hydrogens is 289 g/mol. The van der Waals surface area contributed by atoms with Gasteiger partial charge in [-0.15, -0.1) is 0 Å². The molecule has 20 heavy (non-hydrogen) atoms. The van der Waals surface area contributed by atoms with Gasteiger partial charge >= 0.3 is 5.97 Å². The number of hydrogen-bond donors (Lipinski definition) is 3. The molecule has 0 fully saturated rings. The van der Waals surface area contributed by atoms with Crippen LogP contribution in [0.15, 0.2) is 12.3 Å². The van der Waals surface area contributed by atoms with E-state index in [2.05, 4.69) is 15.0 Å². The number of carboxylic acids is 1. The van der Waals surface area contributed by atoms with E-state index in [9.17, 15) is 17.6 Å². The van der Waals surface area contributed by atoms with Gasteiger partial charge in [-0.3, -0.25) is 0 Å². The van der Waals surface area contributed by atoms with Gasteiger partial charge in [-0.05, 0) is 19.9 Å². The quantitative estimate of drug-likeness (QED) is 0.712. The lowest BCUT2D eigenvalue weighted by molar-refractivity contribution is 0.0697. The molecule has 3 N–H and O–H groups in total. The number of nitrogens with one attached hydrogen (secondary N) is 2. The molecular formula is C11H16FN3O4S. The molecule has 0 bridgehead atoms. The van der Waals surface area contributed by atoms with E-state index in [0.29, 0.717) is 0 Å². The predicted molar refractivity (Wildman–Crippen MR) is 71.7 cm³/mol. The van der Waals surface area contributed by atoms with Crippen molar-refractivity contribution in [3.63, 3.8) is 0 Å². The zero-order chi connectivity index (χ0) is 15.6. The van der Waals surface area contributed by atoms with Gasteiger partial charge in [0.15, 0.2) is 0 Å². The molecule has 0 saturated heterocycles. The minimum atomic E-state index is -3.41. The summed E-state index contributed by atoms with van der Waals surface area (Å²) in [5, 5.41) is 11.6. The first-order chi connectivity index (χ1) is 9.00. The fourth-order valence-corrected chi connectivity index (χ4v) is 2.66. The molecule has 112 valence electrons. The molecule has 1 heterocycles. The van der Waals surface area contributed by atoms with Gasteiger partial charge in [0.1, 0.15) is 17.2 Å². The summed E-state index contributed by atoms with van der Waals surface area (Å²) in [6.45, 7) is 3.31. The van der Waals surface area contributed by atoms with Crippen molar-refractivity contribution in [3.05, 3.63) is 23.6 Å². The normalized spacial score (nSPS) is 12.2. The van der Waals surface area contributed by atoms with E-state index in [1.165, 1.54) is 0 Å². The standard InChI is InChI=1S/C11H16FN3O4S/c1-11(2,15-20(3,18)19)6-14-9-8(10(16)17)4-7(12)5-13-9/h4-5,15H,6H2,1-3H3,(H,13,14)(H,16,17). The van der Waals surface area contributed by atoms with E-state index in [4.69, 9.17) is 5.11 Å². The van der Waals surface area contributed by atoms with E-state index in [1.54, 1.807) is 13.8 Å². The Bertz CT molecular complexity index is 616. The highest BCUT2D eigenvalue weighted by Gasteiger charge is 2.23. The molecule has 1 aromatic heterocycles. The van der Waals surface area contributed by atoms with Gasteiger partial charge in [-0.25, -0.2) is 27.3 Å². The number of rotatable bonds is 6. The summed E-state index contributed by atoms with van der Waals surface area (Å²) in [7, 11) is -3.41. The van der Waals surface area contributed by atoms with Crippen LogP contribution in [0.25, 0.3) is 0 Å². The molecule has 1 aromatic rings. The zero-order valence-corrected chi connectivity index (χ0v) is 12.1. The molecule has 0 aliphatic carbocycles. The van der Waals surface area contributed by atoms with Gasteiger partial charge in [0.2, 0.25) is 10.0 Å². The lowest BCUT2D eigenvalue weighted by Gasteiger charge is -2.25. The van der Waals surface area contributed by atoms with Crippen LogP contribution in [0.2, 0.25) is 0 Å². The zero-order valence-electron chi connectivity index (χ0n) is 11.3. The predicted octanol–water partition coefficient (Wildman–Crippen LogP) is 0.659. The molecule has 0 aromatic carbocycles. The smallest absolute Gasteiger partial charge is 0.339 e. The second-order valence-corrected chi connectivity index (χ2v) is 6.71. The summed E-state index contributed by atoms with van der Waals surface area (Å²) in [5.74, 6) is -2.11. The molecule has 7 nitrogen and oxygen atoms in total. The SMILES string of the molecule is CC(C)(CNc1ncc(F)cc1C(=O)O)NS(C)(=O)=O. The third kappa shape index (κ3) is 5.10. The number of carbonyl (C=O) groups is 1. The molecule has 0 radical (unpaired) electrons. The van der Waals surface area contributed by atoms with Gasteiger partial charge in [0.25, 0.3) is 0 Å². The van der Waals surface area contributed by atoms with Gasteiger partial charge in [-0.1, -0.05) is 0 Å². The van der Waals surface area contributed by atoms with E-state index >= 15 is 0 Å². The van der Waals surface area contributed by atoms with Crippen molar-refractivity contribution in [2.75, 3.05) is 18.1 Å². The molecule has 0 aliphatic heterocycles. The first-order valence-corrected chi connectivity index (χ1v) is 7.51. The first kappa shape index (κ1) is 16.3. The Morgan fingerprint density at radius 1 is 1.50 bits per heavy atom. The van der Waals surface area contributed by atoms with Gasteiger partial charge < -0.3 is 10.4 Å². The fraction of sp³-hybridized carbons (Fsp3) is 0.455. The van der Waals surface area contributed by atoms with E-state index < -0.39 is 27.3 Å². The number of hydrogen-bond acceptors (Lipinski definition) is 5. The summed E-state index contributed by atoms with van der Waals surface area (Å²) in [6.07, 6.45) is 1.90. The molecule has 0 aliphatic rings. The van der Waals surface area contributed by atoms with Crippen LogP contribution in [0.1, 0.15) is 24.2 Å². The lowest BCUT2D eigenvalue weighted by atomic mass is 10.1. The molecule has 0 unspecified atom stereocenters. The van der Waals surface area contributed by atoms with Crippen LogP contribution in [0, 0.1) is 5.82 Å². The van der Waals surface area contributed by atoms with Crippen molar-refractivity contribution < 1.29 is 22.7 Å². The number of aromatic nitrogens is 1. The molecule has 0 amide bonds. The highest BCUT2D eigenvalue weighted by Crippen LogP contribution is 2.15. The summed E-state index contributed by atoms with van der Waals surface area (Å²) in [5.41, 5.74) is -1.18. The van der Waals surface area contributed by atoms with Crippen molar-refractivity contribution in [1.29, 1.82) is 0 Å². The third-order valence-corrected chi connectivity index (χ3v) is 3.17. The maximum atomic E-state index is 13.0. The van der Waals surface area contributed by atoms with Gasteiger partial charge in [0, 0.05) is 12.1 Å². The fourth-order valence-electron chi connectivity index (χ4n) is 1.59. The van der Waals surface area contributed by atoms with Crippen molar-refractivity contribution in [2.24, 2.45) is 0 Å². The Morgan fingerprint density at radius 2 is 2.10 bits per heavy atom. The average molecular weight is 305 g/mol. The maximum absolute atomic E-state index is 13.0. The van der Waals surface area contributed by atoms with Crippen LogP contribution in [0.5, 0.6) is 0 Å². The van der Waals surface area contributed by atoms with Crippen molar-refractivity contribution in [3.8, 4) is 0 Å². The highest BCUT2D eigenvalue weighted by atomic mass is 32.2. The second-order valence-electron chi connectivity index (χ2n) is 4.97. The van der Waals surface area contributed by atoms with Crippen LogP contribution in [-0.4, -0.2) is 42.8 Å². The van der Waals surface area contributed by atoms with Crippen molar-refractivity contribution in [1.82, 2.24) is 9.71 Å². The number of halogens is 1. The molecule has 1 rings (SSSR count). The Kier molecular flexibility index (Phi) is 4.66. The summed E-state index contributed by atoms with van der Waals surface area (Å²) >= 11 is 0. The Hall–Kier alpha value is -1.74. The molecule has 0 spiro atoms. The summed E-state index contributed by atoms with van der Waals surface area (Å²) in [6, 6.07) is 0.842. The maximum Gasteiger partial charge on any atom is 0.339 e. The van der Waals surface area contributed by atoms with Crippen molar-refractivity contribution in [2.45, 2.75) is 19.4 Å². The number of anilines is 1. The Labute approximate surface area is 116 Å². The van der Waals surface area contributed by atoms with Crippen LogP contribution in [-0.2, 0) is 10.0 Å². The monoisotopic (exact) mass is 305 g/mol. The van der Waals surface area contributed by atoms with Crippen LogP contribution >= 0.6 is 0 Å². The van der Waals surface area contributed by atoms with E-state index in [0.717, 1.165) is 18.5 Å². The molecule has 0 saturated carbocycles. The first-order valence-electron chi connectivity index (χ1n) is 5.62. The Balaban J connectivity index is 2.87. The summed E-state index contributed by atoms with van der Waals surface area (Å²) in [4.78, 5) is 14.6. The van der Waals surface area contributed by atoms with E-state index in [1.807, 2.05) is 0 Å². The minimum Gasteiger partial charge on any atom is -0.478 e. The van der Waals surface area contributed by atoms with Gasteiger partial charge in [-0.2, -0.15) is 0 Å².